The van der Waals surface area contributed by atoms with E-state index in [-0.39, 0.29) is 0 Å². The summed E-state index contributed by atoms with van der Waals surface area (Å²) in [5.41, 5.74) is 3.05. The van der Waals surface area contributed by atoms with Crippen molar-refractivity contribution in [2.75, 3.05) is 13.1 Å². The second-order valence-corrected chi connectivity index (χ2v) is 4.86. The van der Waals surface area contributed by atoms with E-state index in [0.29, 0.717) is 5.41 Å². The Labute approximate surface area is 91.9 Å². The zero-order valence-electron chi connectivity index (χ0n) is 10.0. The van der Waals surface area contributed by atoms with E-state index in [2.05, 4.69) is 30.3 Å². The highest BCUT2D eigenvalue weighted by atomic mass is 15.3. The highest BCUT2D eigenvalue weighted by molar-refractivity contribution is 5.14. The van der Waals surface area contributed by atoms with Gasteiger partial charge in [-0.05, 0) is 44.2 Å². The average Bonchev–Trinajstić information content (AvgIpc) is 2.87. The third-order valence-electron chi connectivity index (χ3n) is 3.36. The molecule has 0 aliphatic heterocycles. The standard InChI is InChI=1S/C12H21N3/c1-4-13-9-12(5-6-12)8-11-7-10(2)14-15(11)3/h7,13H,4-6,8-9H2,1-3H3. The molecule has 1 N–H and O–H groups in total. The van der Waals surface area contributed by atoms with Crippen molar-refractivity contribution in [1.29, 1.82) is 0 Å². The van der Waals surface area contributed by atoms with Crippen LogP contribution in [-0.2, 0) is 13.5 Å². The summed E-state index contributed by atoms with van der Waals surface area (Å²) in [6.45, 7) is 6.47. The van der Waals surface area contributed by atoms with E-state index in [1.54, 1.807) is 0 Å². The Morgan fingerprint density at radius 1 is 1.53 bits per heavy atom. The van der Waals surface area contributed by atoms with Crippen LogP contribution in [0.1, 0.15) is 31.2 Å². The van der Waals surface area contributed by atoms with Crippen LogP contribution in [0.4, 0.5) is 0 Å². The number of hydrogen-bond acceptors (Lipinski definition) is 2. The molecule has 0 unspecified atom stereocenters. The van der Waals surface area contributed by atoms with E-state index >= 15 is 0 Å². The Hall–Kier alpha value is -0.830. The van der Waals surface area contributed by atoms with E-state index in [9.17, 15) is 0 Å². The molecule has 3 heteroatoms. The molecular weight excluding hydrogens is 186 g/mol. The molecule has 3 nitrogen and oxygen atoms in total. The number of nitrogens with one attached hydrogen (secondary N) is 1. The molecule has 2 rings (SSSR count). The quantitative estimate of drug-likeness (QED) is 0.796. The zero-order valence-corrected chi connectivity index (χ0v) is 10.0. The summed E-state index contributed by atoms with van der Waals surface area (Å²) in [5, 5.41) is 7.87. The molecule has 0 spiro atoms. The van der Waals surface area contributed by atoms with Crippen LogP contribution >= 0.6 is 0 Å². The minimum atomic E-state index is 0.538. The van der Waals surface area contributed by atoms with Gasteiger partial charge >= 0.3 is 0 Å². The fourth-order valence-corrected chi connectivity index (χ4v) is 2.20. The lowest BCUT2D eigenvalue weighted by molar-refractivity contribution is 0.449. The second kappa shape index (κ2) is 3.97. The molecule has 1 saturated carbocycles. The number of rotatable bonds is 5. The molecule has 0 aromatic carbocycles. The smallest absolute Gasteiger partial charge is 0.0596 e. The minimum absolute atomic E-state index is 0.538. The first-order chi connectivity index (χ1) is 7.15. The van der Waals surface area contributed by atoms with Gasteiger partial charge < -0.3 is 5.32 Å². The van der Waals surface area contributed by atoms with E-state index in [0.717, 1.165) is 18.8 Å². The molecule has 1 aromatic rings. The Morgan fingerprint density at radius 2 is 2.27 bits per heavy atom. The second-order valence-electron chi connectivity index (χ2n) is 4.86. The van der Waals surface area contributed by atoms with Gasteiger partial charge in [0, 0.05) is 19.3 Å². The molecule has 0 amide bonds. The lowest BCUT2D eigenvalue weighted by Crippen LogP contribution is -2.25. The Kier molecular flexibility index (Phi) is 2.83. The fourth-order valence-electron chi connectivity index (χ4n) is 2.20. The van der Waals surface area contributed by atoms with Gasteiger partial charge in [-0.25, -0.2) is 0 Å². The Morgan fingerprint density at radius 3 is 2.73 bits per heavy atom. The van der Waals surface area contributed by atoms with Crippen molar-refractivity contribution in [2.24, 2.45) is 12.5 Å². The molecule has 1 aliphatic carbocycles. The molecule has 1 aromatic heterocycles. The highest BCUT2D eigenvalue weighted by Gasteiger charge is 2.42. The van der Waals surface area contributed by atoms with Crippen LogP contribution in [0.5, 0.6) is 0 Å². The van der Waals surface area contributed by atoms with E-state index in [1.807, 2.05) is 11.7 Å². The summed E-state index contributed by atoms with van der Waals surface area (Å²) >= 11 is 0. The summed E-state index contributed by atoms with van der Waals surface area (Å²) in [4.78, 5) is 0. The normalized spacial score (nSPS) is 18.1. The SMILES string of the molecule is CCNCC1(Cc2cc(C)nn2C)CC1. The molecule has 15 heavy (non-hydrogen) atoms. The van der Waals surface area contributed by atoms with Crippen molar-refractivity contribution in [3.63, 3.8) is 0 Å². The minimum Gasteiger partial charge on any atom is -0.316 e. The maximum atomic E-state index is 4.40. The molecule has 1 heterocycles. The first kappa shape index (κ1) is 10.7. The molecule has 0 radical (unpaired) electrons. The molecule has 84 valence electrons. The third-order valence-corrected chi connectivity index (χ3v) is 3.36. The molecule has 0 saturated heterocycles. The van der Waals surface area contributed by atoms with E-state index in [4.69, 9.17) is 0 Å². The summed E-state index contributed by atoms with van der Waals surface area (Å²) in [7, 11) is 2.05. The topological polar surface area (TPSA) is 29.9 Å². The summed E-state index contributed by atoms with van der Waals surface area (Å²) < 4.78 is 2.03. The van der Waals surface area contributed by atoms with Crippen molar-refractivity contribution in [2.45, 2.75) is 33.1 Å². The first-order valence-electron chi connectivity index (χ1n) is 5.85. The average molecular weight is 207 g/mol. The number of nitrogens with zero attached hydrogens (tertiary/aromatic N) is 2. The molecule has 1 aliphatic rings. The van der Waals surface area contributed by atoms with Crippen LogP contribution in [0.25, 0.3) is 0 Å². The van der Waals surface area contributed by atoms with Gasteiger partial charge in [0.15, 0.2) is 0 Å². The summed E-state index contributed by atoms with van der Waals surface area (Å²) in [6.07, 6.45) is 3.91. The van der Waals surface area contributed by atoms with Crippen molar-refractivity contribution in [3.05, 3.63) is 17.5 Å². The van der Waals surface area contributed by atoms with Crippen LogP contribution in [0.3, 0.4) is 0 Å². The maximum absolute atomic E-state index is 4.40. The van der Waals surface area contributed by atoms with Gasteiger partial charge in [-0.2, -0.15) is 5.10 Å². The van der Waals surface area contributed by atoms with Gasteiger partial charge in [0.2, 0.25) is 0 Å². The lowest BCUT2D eigenvalue weighted by atomic mass is 10.00. The number of aromatic nitrogens is 2. The van der Waals surface area contributed by atoms with Crippen molar-refractivity contribution in [3.8, 4) is 0 Å². The first-order valence-corrected chi connectivity index (χ1v) is 5.85. The van der Waals surface area contributed by atoms with Gasteiger partial charge in [-0.3, -0.25) is 4.68 Å². The van der Waals surface area contributed by atoms with Crippen LogP contribution in [-0.4, -0.2) is 22.9 Å². The summed E-state index contributed by atoms with van der Waals surface area (Å²) in [6, 6.07) is 2.21. The fraction of sp³-hybridized carbons (Fsp3) is 0.750. The van der Waals surface area contributed by atoms with E-state index < -0.39 is 0 Å². The van der Waals surface area contributed by atoms with Crippen molar-refractivity contribution < 1.29 is 0 Å². The Bertz CT molecular complexity index is 337. The van der Waals surface area contributed by atoms with Crippen molar-refractivity contribution in [1.82, 2.24) is 15.1 Å². The van der Waals surface area contributed by atoms with Gasteiger partial charge in [-0.1, -0.05) is 6.92 Å². The predicted molar refractivity (Wildman–Crippen MR) is 61.9 cm³/mol. The number of aryl methyl sites for hydroxylation is 2. The van der Waals surface area contributed by atoms with Crippen LogP contribution in [0.2, 0.25) is 0 Å². The predicted octanol–water partition coefficient (Wildman–Crippen LogP) is 1.66. The van der Waals surface area contributed by atoms with Gasteiger partial charge in [0.05, 0.1) is 5.69 Å². The largest absolute Gasteiger partial charge is 0.316 e. The maximum Gasteiger partial charge on any atom is 0.0596 e. The molecular formula is C12H21N3. The van der Waals surface area contributed by atoms with Gasteiger partial charge in [-0.15, -0.1) is 0 Å². The highest BCUT2D eigenvalue weighted by Crippen LogP contribution is 2.47. The number of hydrogen-bond donors (Lipinski definition) is 1. The third kappa shape index (κ3) is 2.40. The van der Waals surface area contributed by atoms with Gasteiger partial charge in [0.25, 0.3) is 0 Å². The molecule has 0 bridgehead atoms. The lowest BCUT2D eigenvalue weighted by Gasteiger charge is -2.15. The zero-order chi connectivity index (χ0) is 10.9. The van der Waals surface area contributed by atoms with Crippen LogP contribution in [0.15, 0.2) is 6.07 Å². The molecule has 1 fully saturated rings. The van der Waals surface area contributed by atoms with Gasteiger partial charge in [0.1, 0.15) is 0 Å². The van der Waals surface area contributed by atoms with Crippen LogP contribution < -0.4 is 5.32 Å². The monoisotopic (exact) mass is 207 g/mol. The van der Waals surface area contributed by atoms with Crippen molar-refractivity contribution >= 4 is 0 Å². The summed E-state index contributed by atoms with van der Waals surface area (Å²) in [5.74, 6) is 0. The molecule has 0 atom stereocenters. The Balaban J connectivity index is 1.99. The van der Waals surface area contributed by atoms with Crippen LogP contribution in [0, 0.1) is 12.3 Å². The van der Waals surface area contributed by atoms with E-state index in [1.165, 1.54) is 25.0 Å².